The highest BCUT2D eigenvalue weighted by atomic mass is 16.5. The summed E-state index contributed by atoms with van der Waals surface area (Å²) in [7, 11) is 1.93. The molecule has 1 aliphatic rings. The lowest BCUT2D eigenvalue weighted by Crippen LogP contribution is -2.41. The van der Waals surface area contributed by atoms with E-state index in [-0.39, 0.29) is 18.1 Å². The molecule has 0 aromatic rings. The summed E-state index contributed by atoms with van der Waals surface area (Å²) in [5, 5.41) is 9.79. The Balaban J connectivity index is 2.30. The minimum absolute atomic E-state index is 0.154. The van der Waals surface area contributed by atoms with Crippen molar-refractivity contribution in [3.8, 4) is 0 Å². The van der Waals surface area contributed by atoms with Crippen molar-refractivity contribution in [3.63, 3.8) is 0 Å². The van der Waals surface area contributed by atoms with Gasteiger partial charge in [0.25, 0.3) is 0 Å². The molecule has 1 fully saturated rings. The second-order valence-electron chi connectivity index (χ2n) is 5.39. The monoisotopic (exact) mass is 257 g/mol. The number of aliphatic hydroxyl groups excluding tert-OH is 1. The average molecular weight is 257 g/mol. The zero-order chi connectivity index (χ0) is 13.5. The zero-order valence-electron chi connectivity index (χ0n) is 11.9. The van der Waals surface area contributed by atoms with E-state index in [1.165, 1.54) is 0 Å². The number of aliphatic hydroxyl groups is 1. The zero-order valence-corrected chi connectivity index (χ0v) is 11.9. The van der Waals surface area contributed by atoms with Gasteiger partial charge in [0, 0.05) is 6.54 Å². The van der Waals surface area contributed by atoms with Crippen LogP contribution in [0.4, 0.5) is 0 Å². The van der Waals surface area contributed by atoms with Gasteiger partial charge >= 0.3 is 5.97 Å². The maximum Gasteiger partial charge on any atom is 0.323 e. The highest BCUT2D eigenvalue weighted by Crippen LogP contribution is 2.26. The van der Waals surface area contributed by atoms with Crippen LogP contribution in [0.3, 0.4) is 0 Å². The highest BCUT2D eigenvalue weighted by Gasteiger charge is 2.29. The Bertz CT molecular complexity index is 257. The molecular weight excluding hydrogens is 230 g/mol. The maximum atomic E-state index is 11.8. The predicted octanol–water partition coefficient (Wildman–Crippen LogP) is 1.81. The Morgan fingerprint density at radius 3 is 2.78 bits per heavy atom. The maximum absolute atomic E-state index is 11.8. The summed E-state index contributed by atoms with van der Waals surface area (Å²) in [6.07, 6.45) is 4.80. The van der Waals surface area contributed by atoms with Crippen LogP contribution in [0, 0.1) is 5.92 Å². The van der Waals surface area contributed by atoms with Gasteiger partial charge in [-0.2, -0.15) is 0 Å². The van der Waals surface area contributed by atoms with Gasteiger partial charge in [0.1, 0.15) is 6.04 Å². The molecule has 0 bridgehead atoms. The van der Waals surface area contributed by atoms with Gasteiger partial charge in [-0.25, -0.2) is 0 Å². The largest absolute Gasteiger partial charge is 0.465 e. The van der Waals surface area contributed by atoms with Crippen molar-refractivity contribution in [1.82, 2.24) is 4.90 Å². The number of hydrogen-bond donors (Lipinski definition) is 1. The summed E-state index contributed by atoms with van der Waals surface area (Å²) in [5.74, 6) is 0.152. The molecule has 4 nitrogen and oxygen atoms in total. The van der Waals surface area contributed by atoms with Gasteiger partial charge in [-0.3, -0.25) is 9.69 Å². The van der Waals surface area contributed by atoms with Crippen molar-refractivity contribution in [1.29, 1.82) is 0 Å². The molecule has 3 unspecified atom stereocenters. The van der Waals surface area contributed by atoms with Gasteiger partial charge < -0.3 is 9.84 Å². The lowest BCUT2D eigenvalue weighted by molar-refractivity contribution is -0.149. The standard InChI is InChI=1S/C14H27NO3/c1-4-5-9-18-14(17)11(2)15(3)10-12-7-6-8-13(12)16/h11-13,16H,4-10H2,1-3H3. The van der Waals surface area contributed by atoms with Crippen molar-refractivity contribution in [3.05, 3.63) is 0 Å². The van der Waals surface area contributed by atoms with E-state index >= 15 is 0 Å². The summed E-state index contributed by atoms with van der Waals surface area (Å²) < 4.78 is 5.21. The summed E-state index contributed by atoms with van der Waals surface area (Å²) in [6.45, 7) is 5.23. The third-order valence-electron chi connectivity index (χ3n) is 3.89. The number of hydrogen-bond acceptors (Lipinski definition) is 4. The molecule has 0 spiro atoms. The lowest BCUT2D eigenvalue weighted by Gasteiger charge is -2.27. The van der Waals surface area contributed by atoms with Crippen molar-refractivity contribution in [2.75, 3.05) is 20.2 Å². The van der Waals surface area contributed by atoms with Crippen molar-refractivity contribution in [2.24, 2.45) is 5.92 Å². The molecule has 4 heteroatoms. The van der Waals surface area contributed by atoms with Gasteiger partial charge in [-0.1, -0.05) is 19.8 Å². The van der Waals surface area contributed by atoms with Gasteiger partial charge in [-0.15, -0.1) is 0 Å². The highest BCUT2D eigenvalue weighted by molar-refractivity contribution is 5.75. The molecule has 0 aromatic carbocycles. The van der Waals surface area contributed by atoms with E-state index in [1.807, 2.05) is 18.9 Å². The van der Waals surface area contributed by atoms with E-state index in [4.69, 9.17) is 4.74 Å². The first-order valence-electron chi connectivity index (χ1n) is 7.11. The van der Waals surface area contributed by atoms with Crippen molar-refractivity contribution >= 4 is 5.97 Å². The number of carbonyl (C=O) groups is 1. The molecule has 0 heterocycles. The van der Waals surface area contributed by atoms with Crippen LogP contribution in [0.1, 0.15) is 46.0 Å². The molecule has 0 radical (unpaired) electrons. The molecule has 1 N–H and O–H groups in total. The number of nitrogens with zero attached hydrogens (tertiary/aromatic N) is 1. The van der Waals surface area contributed by atoms with Gasteiger partial charge in [0.15, 0.2) is 0 Å². The average Bonchev–Trinajstić information content (AvgIpc) is 2.74. The second-order valence-corrected chi connectivity index (χ2v) is 5.39. The van der Waals surface area contributed by atoms with Gasteiger partial charge in [0.2, 0.25) is 0 Å². The molecular formula is C14H27NO3. The van der Waals surface area contributed by atoms with Crippen LogP contribution in [0.5, 0.6) is 0 Å². The van der Waals surface area contributed by atoms with Crippen molar-refractivity contribution < 1.29 is 14.6 Å². The Kier molecular flexibility index (Phi) is 6.65. The number of esters is 1. The smallest absolute Gasteiger partial charge is 0.323 e. The van der Waals surface area contributed by atoms with E-state index in [0.717, 1.165) is 38.6 Å². The number of carbonyl (C=O) groups excluding carboxylic acids is 1. The normalized spacial score (nSPS) is 25.4. The Labute approximate surface area is 110 Å². The topological polar surface area (TPSA) is 49.8 Å². The van der Waals surface area contributed by atoms with Crippen LogP contribution in [0.15, 0.2) is 0 Å². The van der Waals surface area contributed by atoms with Crippen LogP contribution < -0.4 is 0 Å². The third-order valence-corrected chi connectivity index (χ3v) is 3.89. The summed E-state index contributed by atoms with van der Waals surface area (Å²) in [6, 6.07) is -0.227. The van der Waals surface area contributed by atoms with Crippen LogP contribution in [-0.2, 0) is 9.53 Å². The Morgan fingerprint density at radius 2 is 2.22 bits per heavy atom. The molecule has 0 saturated heterocycles. The number of likely N-dealkylation sites (N-methyl/N-ethyl adjacent to an activating group) is 1. The van der Waals surface area contributed by atoms with E-state index in [9.17, 15) is 9.90 Å². The summed E-state index contributed by atoms with van der Waals surface area (Å²) in [4.78, 5) is 13.8. The summed E-state index contributed by atoms with van der Waals surface area (Å²) in [5.41, 5.74) is 0. The van der Waals surface area contributed by atoms with Gasteiger partial charge in [-0.05, 0) is 39.2 Å². The van der Waals surface area contributed by atoms with Crippen LogP contribution in [0.2, 0.25) is 0 Å². The SMILES string of the molecule is CCCCOC(=O)C(C)N(C)CC1CCCC1O. The van der Waals surface area contributed by atoms with Crippen molar-refractivity contribution in [2.45, 2.75) is 58.1 Å². The molecule has 106 valence electrons. The fraction of sp³-hybridized carbons (Fsp3) is 0.929. The number of ether oxygens (including phenoxy) is 1. The molecule has 1 saturated carbocycles. The minimum atomic E-state index is -0.227. The molecule has 0 aromatic heterocycles. The Hall–Kier alpha value is -0.610. The van der Waals surface area contributed by atoms with E-state index in [0.29, 0.717) is 12.5 Å². The minimum Gasteiger partial charge on any atom is -0.465 e. The van der Waals surface area contributed by atoms with Crippen LogP contribution in [-0.4, -0.2) is 48.3 Å². The quantitative estimate of drug-likeness (QED) is 0.558. The predicted molar refractivity (Wildman–Crippen MR) is 71.3 cm³/mol. The molecule has 18 heavy (non-hydrogen) atoms. The second kappa shape index (κ2) is 7.74. The van der Waals surface area contributed by atoms with E-state index < -0.39 is 0 Å². The van der Waals surface area contributed by atoms with E-state index in [1.54, 1.807) is 0 Å². The first-order chi connectivity index (χ1) is 8.56. The van der Waals surface area contributed by atoms with Crippen LogP contribution >= 0.6 is 0 Å². The number of rotatable bonds is 7. The fourth-order valence-electron chi connectivity index (χ4n) is 2.38. The van der Waals surface area contributed by atoms with E-state index in [2.05, 4.69) is 6.92 Å². The first kappa shape index (κ1) is 15.4. The van der Waals surface area contributed by atoms with Gasteiger partial charge in [0.05, 0.1) is 12.7 Å². The summed E-state index contributed by atoms with van der Waals surface area (Å²) >= 11 is 0. The number of unbranched alkanes of at least 4 members (excludes halogenated alkanes) is 1. The molecule has 0 aliphatic heterocycles. The molecule has 0 amide bonds. The molecule has 3 atom stereocenters. The first-order valence-corrected chi connectivity index (χ1v) is 7.11. The fourth-order valence-corrected chi connectivity index (χ4v) is 2.38. The molecule has 1 rings (SSSR count). The third kappa shape index (κ3) is 4.58. The Morgan fingerprint density at radius 1 is 1.50 bits per heavy atom. The lowest BCUT2D eigenvalue weighted by atomic mass is 10.1. The van der Waals surface area contributed by atoms with Crippen LogP contribution in [0.25, 0.3) is 0 Å². The molecule has 1 aliphatic carbocycles.